The molecule has 0 aliphatic rings. The number of aromatic nitrogens is 2. The molecule has 146 valence electrons. The SMILES string of the molecule is COc1cccc(-c2noc(CNC(=O)C(C)Oc3ccc(Cl)c(C)c3)n2)c1. The van der Waals surface area contributed by atoms with Gasteiger partial charge in [-0.05, 0) is 49.7 Å². The molecule has 1 aromatic heterocycles. The number of hydrogen-bond donors (Lipinski definition) is 1. The molecule has 0 saturated heterocycles. The van der Waals surface area contributed by atoms with Crippen LogP contribution in [-0.2, 0) is 11.3 Å². The van der Waals surface area contributed by atoms with E-state index in [0.29, 0.717) is 28.2 Å². The van der Waals surface area contributed by atoms with E-state index in [-0.39, 0.29) is 12.5 Å². The van der Waals surface area contributed by atoms with Crippen LogP contribution in [0.15, 0.2) is 47.0 Å². The summed E-state index contributed by atoms with van der Waals surface area (Å²) in [4.78, 5) is 16.6. The van der Waals surface area contributed by atoms with Crippen LogP contribution in [0.3, 0.4) is 0 Å². The lowest BCUT2D eigenvalue weighted by Gasteiger charge is -2.14. The van der Waals surface area contributed by atoms with E-state index >= 15 is 0 Å². The van der Waals surface area contributed by atoms with Crippen LogP contribution in [0.2, 0.25) is 5.02 Å². The molecular formula is C20H20ClN3O4. The summed E-state index contributed by atoms with van der Waals surface area (Å²) in [5, 5.41) is 7.30. The van der Waals surface area contributed by atoms with Crippen molar-refractivity contribution in [2.24, 2.45) is 0 Å². The number of halogens is 1. The molecule has 3 aromatic rings. The van der Waals surface area contributed by atoms with Gasteiger partial charge in [0.25, 0.3) is 5.91 Å². The number of methoxy groups -OCH3 is 1. The highest BCUT2D eigenvalue weighted by molar-refractivity contribution is 6.31. The standard InChI is InChI=1S/C20H20ClN3O4/c1-12-9-16(7-8-17(12)21)27-13(2)20(25)22-11-18-23-19(24-28-18)14-5-4-6-15(10-14)26-3/h4-10,13H,11H2,1-3H3,(H,22,25). The van der Waals surface area contributed by atoms with Gasteiger partial charge in [0.1, 0.15) is 11.5 Å². The van der Waals surface area contributed by atoms with Crippen molar-refractivity contribution in [3.05, 3.63) is 58.9 Å². The van der Waals surface area contributed by atoms with Crippen molar-refractivity contribution in [1.29, 1.82) is 0 Å². The number of rotatable bonds is 7. The lowest BCUT2D eigenvalue weighted by atomic mass is 10.2. The summed E-state index contributed by atoms with van der Waals surface area (Å²) in [5.74, 6) is 1.68. The third-order valence-electron chi connectivity index (χ3n) is 4.02. The third-order valence-corrected chi connectivity index (χ3v) is 4.45. The number of aryl methyl sites for hydroxylation is 1. The van der Waals surface area contributed by atoms with Gasteiger partial charge in [-0.2, -0.15) is 4.98 Å². The molecule has 0 radical (unpaired) electrons. The fourth-order valence-electron chi connectivity index (χ4n) is 2.46. The maximum Gasteiger partial charge on any atom is 0.261 e. The Morgan fingerprint density at radius 3 is 2.82 bits per heavy atom. The molecule has 1 heterocycles. The van der Waals surface area contributed by atoms with Crippen molar-refractivity contribution < 1.29 is 18.8 Å². The second kappa shape index (κ2) is 8.75. The zero-order chi connectivity index (χ0) is 20.1. The minimum atomic E-state index is -0.693. The first-order chi connectivity index (χ1) is 13.5. The topological polar surface area (TPSA) is 86.5 Å². The Bertz CT molecular complexity index is 974. The van der Waals surface area contributed by atoms with E-state index < -0.39 is 6.10 Å². The molecule has 2 aromatic carbocycles. The van der Waals surface area contributed by atoms with Gasteiger partial charge in [0.05, 0.1) is 13.7 Å². The maximum atomic E-state index is 12.3. The molecule has 1 N–H and O–H groups in total. The summed E-state index contributed by atoms with van der Waals surface area (Å²) in [7, 11) is 1.59. The molecule has 1 unspecified atom stereocenters. The minimum absolute atomic E-state index is 0.100. The minimum Gasteiger partial charge on any atom is -0.497 e. The Morgan fingerprint density at radius 1 is 1.25 bits per heavy atom. The Morgan fingerprint density at radius 2 is 2.07 bits per heavy atom. The largest absolute Gasteiger partial charge is 0.497 e. The molecule has 28 heavy (non-hydrogen) atoms. The first kappa shape index (κ1) is 19.7. The zero-order valence-corrected chi connectivity index (χ0v) is 16.5. The van der Waals surface area contributed by atoms with Gasteiger partial charge < -0.3 is 19.3 Å². The third kappa shape index (κ3) is 4.80. The molecule has 3 rings (SSSR count). The van der Waals surface area contributed by atoms with E-state index in [2.05, 4.69) is 15.5 Å². The number of nitrogens with one attached hydrogen (secondary N) is 1. The number of amides is 1. The summed E-state index contributed by atoms with van der Waals surface area (Å²) >= 11 is 6.00. The average molecular weight is 402 g/mol. The smallest absolute Gasteiger partial charge is 0.261 e. The first-order valence-electron chi connectivity index (χ1n) is 8.64. The Kier molecular flexibility index (Phi) is 6.16. The summed E-state index contributed by atoms with van der Waals surface area (Å²) < 4.78 is 16.0. The lowest BCUT2D eigenvalue weighted by molar-refractivity contribution is -0.127. The van der Waals surface area contributed by atoms with E-state index in [1.54, 1.807) is 38.3 Å². The van der Waals surface area contributed by atoms with Gasteiger partial charge >= 0.3 is 0 Å². The molecule has 0 aliphatic carbocycles. The van der Waals surface area contributed by atoms with Crippen molar-refractivity contribution in [3.8, 4) is 22.9 Å². The molecule has 1 amide bonds. The van der Waals surface area contributed by atoms with Crippen molar-refractivity contribution in [3.63, 3.8) is 0 Å². The number of nitrogens with zero attached hydrogens (tertiary/aromatic N) is 2. The predicted molar refractivity (Wildman–Crippen MR) is 104 cm³/mol. The average Bonchev–Trinajstić information content (AvgIpc) is 3.18. The van der Waals surface area contributed by atoms with E-state index in [0.717, 1.165) is 11.1 Å². The van der Waals surface area contributed by atoms with Gasteiger partial charge in [0, 0.05) is 10.6 Å². The maximum absolute atomic E-state index is 12.3. The fourth-order valence-corrected chi connectivity index (χ4v) is 2.58. The van der Waals surface area contributed by atoms with Gasteiger partial charge in [0.15, 0.2) is 6.10 Å². The molecule has 8 heteroatoms. The molecule has 0 spiro atoms. The van der Waals surface area contributed by atoms with Crippen LogP contribution in [0.4, 0.5) is 0 Å². The molecule has 1 atom stereocenters. The van der Waals surface area contributed by atoms with Crippen molar-refractivity contribution >= 4 is 17.5 Å². The monoisotopic (exact) mass is 401 g/mol. The van der Waals surface area contributed by atoms with E-state index in [4.69, 9.17) is 25.6 Å². The van der Waals surface area contributed by atoms with Crippen LogP contribution in [-0.4, -0.2) is 29.3 Å². The Labute approximate surface area is 167 Å². The van der Waals surface area contributed by atoms with Crippen LogP contribution < -0.4 is 14.8 Å². The van der Waals surface area contributed by atoms with Crippen LogP contribution >= 0.6 is 11.6 Å². The molecule has 7 nitrogen and oxygen atoms in total. The molecule has 0 saturated carbocycles. The Balaban J connectivity index is 1.57. The summed E-state index contributed by atoms with van der Waals surface area (Å²) in [6.07, 6.45) is -0.693. The number of benzene rings is 2. The normalized spacial score (nSPS) is 11.7. The van der Waals surface area contributed by atoms with E-state index in [9.17, 15) is 4.79 Å². The molecule has 0 bridgehead atoms. The number of carbonyl (C=O) groups excluding carboxylic acids is 1. The number of carbonyl (C=O) groups is 1. The van der Waals surface area contributed by atoms with E-state index in [1.165, 1.54) is 0 Å². The first-order valence-corrected chi connectivity index (χ1v) is 9.01. The van der Waals surface area contributed by atoms with Crippen LogP contribution in [0.5, 0.6) is 11.5 Å². The Hall–Kier alpha value is -3.06. The van der Waals surface area contributed by atoms with Gasteiger partial charge in [-0.1, -0.05) is 28.9 Å². The summed E-state index contributed by atoms with van der Waals surface area (Å²) in [5.41, 5.74) is 1.64. The second-order valence-electron chi connectivity index (χ2n) is 6.13. The van der Waals surface area contributed by atoms with Crippen molar-refractivity contribution in [1.82, 2.24) is 15.5 Å². The van der Waals surface area contributed by atoms with Crippen molar-refractivity contribution in [2.45, 2.75) is 26.5 Å². The second-order valence-corrected chi connectivity index (χ2v) is 6.54. The van der Waals surface area contributed by atoms with Crippen LogP contribution in [0.25, 0.3) is 11.4 Å². The summed E-state index contributed by atoms with van der Waals surface area (Å²) in [6, 6.07) is 12.5. The highest BCUT2D eigenvalue weighted by Gasteiger charge is 2.17. The number of hydrogen-bond acceptors (Lipinski definition) is 6. The van der Waals surface area contributed by atoms with Gasteiger partial charge in [0.2, 0.25) is 11.7 Å². The van der Waals surface area contributed by atoms with E-state index in [1.807, 2.05) is 25.1 Å². The fraction of sp³-hybridized carbons (Fsp3) is 0.250. The zero-order valence-electron chi connectivity index (χ0n) is 15.7. The van der Waals surface area contributed by atoms with Gasteiger partial charge in [-0.25, -0.2) is 0 Å². The predicted octanol–water partition coefficient (Wildman–Crippen LogP) is 3.79. The van der Waals surface area contributed by atoms with Crippen molar-refractivity contribution in [2.75, 3.05) is 7.11 Å². The quantitative estimate of drug-likeness (QED) is 0.648. The molecule has 0 aliphatic heterocycles. The molecule has 0 fully saturated rings. The molecular weight excluding hydrogens is 382 g/mol. The highest BCUT2D eigenvalue weighted by Crippen LogP contribution is 2.22. The van der Waals surface area contributed by atoms with Gasteiger partial charge in [-0.15, -0.1) is 0 Å². The highest BCUT2D eigenvalue weighted by atomic mass is 35.5. The summed E-state index contributed by atoms with van der Waals surface area (Å²) in [6.45, 7) is 3.63. The lowest BCUT2D eigenvalue weighted by Crippen LogP contribution is -2.36. The van der Waals surface area contributed by atoms with Crippen LogP contribution in [0.1, 0.15) is 18.4 Å². The van der Waals surface area contributed by atoms with Crippen LogP contribution in [0, 0.1) is 6.92 Å². The number of ether oxygens (including phenoxy) is 2. The van der Waals surface area contributed by atoms with Gasteiger partial charge in [-0.3, -0.25) is 4.79 Å².